The second kappa shape index (κ2) is 11.0. The molecule has 1 atom stereocenters. The minimum Gasteiger partial charge on any atom is -0.313 e. The maximum absolute atomic E-state index is 13.9. The van der Waals surface area contributed by atoms with Crippen molar-refractivity contribution >= 4 is 11.6 Å². The first-order chi connectivity index (χ1) is 10.2. The standard InChI is InChI=1S/C18H29ClFN/c1-3-4-5-6-7-8-9-10-11-18(21-2)16-14-15(19)12-13-17(16)20/h12-14,18,21H,3-11H2,1-2H3. The predicted octanol–water partition coefficient (Wildman–Crippen LogP) is 6.27. The van der Waals surface area contributed by atoms with E-state index in [1.165, 1.54) is 51.0 Å². The molecule has 120 valence electrons. The molecular weight excluding hydrogens is 285 g/mol. The van der Waals surface area contributed by atoms with E-state index in [2.05, 4.69) is 12.2 Å². The zero-order valence-corrected chi connectivity index (χ0v) is 14.2. The quantitative estimate of drug-likeness (QED) is 0.475. The molecule has 0 aromatic heterocycles. The Labute approximate surface area is 134 Å². The molecule has 0 heterocycles. The third kappa shape index (κ3) is 7.28. The first-order valence-electron chi connectivity index (χ1n) is 8.31. The van der Waals surface area contributed by atoms with Crippen molar-refractivity contribution in [2.45, 2.75) is 70.8 Å². The van der Waals surface area contributed by atoms with E-state index < -0.39 is 0 Å². The minimum atomic E-state index is -0.168. The molecule has 0 saturated carbocycles. The van der Waals surface area contributed by atoms with Crippen LogP contribution in [0, 0.1) is 5.82 Å². The summed E-state index contributed by atoms with van der Waals surface area (Å²) in [5.74, 6) is -0.168. The highest BCUT2D eigenvalue weighted by atomic mass is 35.5. The summed E-state index contributed by atoms with van der Waals surface area (Å²) in [6, 6.07) is 4.85. The summed E-state index contributed by atoms with van der Waals surface area (Å²) < 4.78 is 13.9. The number of rotatable bonds is 11. The first-order valence-corrected chi connectivity index (χ1v) is 8.69. The molecule has 0 aliphatic heterocycles. The molecule has 1 rings (SSSR count). The molecule has 0 aliphatic carbocycles. The number of benzene rings is 1. The van der Waals surface area contributed by atoms with Gasteiger partial charge in [-0.25, -0.2) is 4.39 Å². The Hall–Kier alpha value is -0.600. The largest absolute Gasteiger partial charge is 0.313 e. The molecule has 0 saturated heterocycles. The van der Waals surface area contributed by atoms with E-state index in [1.54, 1.807) is 12.1 Å². The second-order valence-corrected chi connectivity index (χ2v) is 6.21. The molecule has 1 N–H and O–H groups in total. The van der Waals surface area contributed by atoms with E-state index in [-0.39, 0.29) is 11.9 Å². The lowest BCUT2D eigenvalue weighted by atomic mass is 9.99. The van der Waals surface area contributed by atoms with E-state index in [4.69, 9.17) is 11.6 Å². The molecule has 21 heavy (non-hydrogen) atoms. The molecule has 0 radical (unpaired) electrons. The van der Waals surface area contributed by atoms with Gasteiger partial charge in [-0.3, -0.25) is 0 Å². The molecule has 1 aromatic carbocycles. The zero-order valence-electron chi connectivity index (χ0n) is 13.4. The van der Waals surface area contributed by atoms with E-state index >= 15 is 0 Å². The summed E-state index contributed by atoms with van der Waals surface area (Å²) in [6.07, 6.45) is 11.3. The van der Waals surface area contributed by atoms with Crippen molar-refractivity contribution in [1.29, 1.82) is 0 Å². The van der Waals surface area contributed by atoms with Crippen LogP contribution in [0.1, 0.15) is 76.3 Å². The van der Waals surface area contributed by atoms with Gasteiger partial charge in [0, 0.05) is 16.6 Å². The van der Waals surface area contributed by atoms with Gasteiger partial charge in [0.25, 0.3) is 0 Å². The monoisotopic (exact) mass is 313 g/mol. The van der Waals surface area contributed by atoms with Crippen LogP contribution in [0.25, 0.3) is 0 Å². The summed E-state index contributed by atoms with van der Waals surface area (Å²) in [6.45, 7) is 2.24. The molecule has 0 spiro atoms. The third-order valence-corrected chi connectivity index (χ3v) is 4.26. The smallest absolute Gasteiger partial charge is 0.128 e. The fraction of sp³-hybridized carbons (Fsp3) is 0.667. The molecule has 1 aromatic rings. The van der Waals surface area contributed by atoms with Crippen LogP contribution in [-0.2, 0) is 0 Å². The van der Waals surface area contributed by atoms with E-state index in [9.17, 15) is 4.39 Å². The summed E-state index contributed by atoms with van der Waals surface area (Å²) in [5.41, 5.74) is 0.688. The lowest BCUT2D eigenvalue weighted by Crippen LogP contribution is -2.17. The van der Waals surface area contributed by atoms with Crippen LogP contribution in [0.4, 0.5) is 4.39 Å². The topological polar surface area (TPSA) is 12.0 Å². The first kappa shape index (κ1) is 18.4. The zero-order chi connectivity index (χ0) is 15.5. The van der Waals surface area contributed by atoms with Crippen LogP contribution < -0.4 is 5.32 Å². The highest BCUT2D eigenvalue weighted by molar-refractivity contribution is 6.30. The molecule has 1 unspecified atom stereocenters. The van der Waals surface area contributed by atoms with Crippen LogP contribution in [0.3, 0.4) is 0 Å². The highest BCUT2D eigenvalue weighted by Gasteiger charge is 2.14. The van der Waals surface area contributed by atoms with Crippen LogP contribution in [0.2, 0.25) is 5.02 Å². The average molecular weight is 314 g/mol. The van der Waals surface area contributed by atoms with Crippen molar-refractivity contribution in [3.8, 4) is 0 Å². The lowest BCUT2D eigenvalue weighted by Gasteiger charge is -2.17. The maximum atomic E-state index is 13.9. The molecule has 0 amide bonds. The molecule has 3 heteroatoms. The van der Waals surface area contributed by atoms with Crippen molar-refractivity contribution in [2.75, 3.05) is 7.05 Å². The van der Waals surface area contributed by atoms with Crippen molar-refractivity contribution in [2.24, 2.45) is 0 Å². The Bertz CT molecular complexity index is 395. The fourth-order valence-corrected chi connectivity index (χ4v) is 2.90. The van der Waals surface area contributed by atoms with Crippen LogP contribution in [0.5, 0.6) is 0 Å². The number of unbranched alkanes of at least 4 members (excludes halogenated alkanes) is 7. The van der Waals surface area contributed by atoms with Crippen LogP contribution in [-0.4, -0.2) is 7.05 Å². The van der Waals surface area contributed by atoms with Crippen LogP contribution >= 0.6 is 11.6 Å². The Kier molecular flexibility index (Phi) is 9.69. The lowest BCUT2D eigenvalue weighted by molar-refractivity contribution is 0.474. The van der Waals surface area contributed by atoms with E-state index in [1.807, 2.05) is 7.05 Å². The van der Waals surface area contributed by atoms with E-state index in [0.717, 1.165) is 12.8 Å². The highest BCUT2D eigenvalue weighted by Crippen LogP contribution is 2.25. The molecule has 0 fully saturated rings. The number of hydrogen-bond acceptors (Lipinski definition) is 1. The number of hydrogen-bond donors (Lipinski definition) is 1. The van der Waals surface area contributed by atoms with E-state index in [0.29, 0.717) is 10.6 Å². The van der Waals surface area contributed by atoms with Gasteiger partial charge in [0.2, 0.25) is 0 Å². The van der Waals surface area contributed by atoms with Crippen molar-refractivity contribution in [1.82, 2.24) is 5.32 Å². The summed E-state index contributed by atoms with van der Waals surface area (Å²) in [4.78, 5) is 0. The molecule has 1 nitrogen and oxygen atoms in total. The SMILES string of the molecule is CCCCCCCCCCC(NC)c1cc(Cl)ccc1F. The Morgan fingerprint density at radius 3 is 2.29 bits per heavy atom. The van der Waals surface area contributed by atoms with Crippen LogP contribution in [0.15, 0.2) is 18.2 Å². The van der Waals surface area contributed by atoms with Gasteiger partial charge in [-0.1, -0.05) is 69.9 Å². The molecule has 0 bridgehead atoms. The normalized spacial score (nSPS) is 12.6. The van der Waals surface area contributed by atoms with Gasteiger partial charge in [0.15, 0.2) is 0 Å². The summed E-state index contributed by atoms with van der Waals surface area (Å²) in [5, 5.41) is 3.81. The Balaban J connectivity index is 2.27. The van der Waals surface area contributed by atoms with Gasteiger partial charge in [0.1, 0.15) is 5.82 Å². The summed E-state index contributed by atoms with van der Waals surface area (Å²) >= 11 is 5.97. The second-order valence-electron chi connectivity index (χ2n) is 5.77. The van der Waals surface area contributed by atoms with Gasteiger partial charge in [0.05, 0.1) is 0 Å². The summed E-state index contributed by atoms with van der Waals surface area (Å²) in [7, 11) is 1.88. The third-order valence-electron chi connectivity index (χ3n) is 4.03. The van der Waals surface area contributed by atoms with Gasteiger partial charge >= 0.3 is 0 Å². The number of nitrogens with one attached hydrogen (secondary N) is 1. The van der Waals surface area contributed by atoms with Gasteiger partial charge in [-0.2, -0.15) is 0 Å². The fourth-order valence-electron chi connectivity index (χ4n) is 2.72. The van der Waals surface area contributed by atoms with Gasteiger partial charge < -0.3 is 5.32 Å². The predicted molar refractivity (Wildman–Crippen MR) is 90.4 cm³/mol. The van der Waals surface area contributed by atoms with Crippen molar-refractivity contribution < 1.29 is 4.39 Å². The minimum absolute atomic E-state index is 0.0591. The number of halogens is 2. The Morgan fingerprint density at radius 2 is 1.67 bits per heavy atom. The maximum Gasteiger partial charge on any atom is 0.128 e. The van der Waals surface area contributed by atoms with Gasteiger partial charge in [-0.15, -0.1) is 0 Å². The van der Waals surface area contributed by atoms with Crippen molar-refractivity contribution in [3.63, 3.8) is 0 Å². The average Bonchev–Trinajstić information content (AvgIpc) is 2.49. The van der Waals surface area contributed by atoms with Gasteiger partial charge in [-0.05, 0) is 31.7 Å². The Morgan fingerprint density at radius 1 is 1.05 bits per heavy atom. The molecule has 0 aliphatic rings. The van der Waals surface area contributed by atoms with Crippen molar-refractivity contribution in [3.05, 3.63) is 34.6 Å². The molecular formula is C18H29ClFN.